The molecule has 1 atom stereocenters. The molecule has 28 heavy (non-hydrogen) atoms. The monoisotopic (exact) mass is 386 g/mol. The number of hydrogen-bond donors (Lipinski definition) is 2. The zero-order valence-electron chi connectivity index (χ0n) is 16.4. The molecule has 1 unspecified atom stereocenters. The van der Waals surface area contributed by atoms with Crippen molar-refractivity contribution in [3.05, 3.63) is 41.5 Å². The predicted molar refractivity (Wildman–Crippen MR) is 107 cm³/mol. The van der Waals surface area contributed by atoms with Crippen molar-refractivity contribution < 1.29 is 9.18 Å². The highest BCUT2D eigenvalue weighted by atomic mass is 19.1. The van der Waals surface area contributed by atoms with Crippen LogP contribution in [-0.2, 0) is 12.8 Å². The summed E-state index contributed by atoms with van der Waals surface area (Å²) in [5.74, 6) is 0.587. The number of amides is 2. The molecule has 0 spiro atoms. The zero-order valence-corrected chi connectivity index (χ0v) is 16.4. The van der Waals surface area contributed by atoms with Crippen LogP contribution >= 0.6 is 0 Å². The lowest BCUT2D eigenvalue weighted by Crippen LogP contribution is -2.42. The summed E-state index contributed by atoms with van der Waals surface area (Å²) >= 11 is 0. The van der Waals surface area contributed by atoms with Crippen molar-refractivity contribution in [3.63, 3.8) is 0 Å². The molecule has 0 saturated carbocycles. The number of piperidine rings is 1. The van der Waals surface area contributed by atoms with Crippen LogP contribution in [0.25, 0.3) is 0 Å². The van der Waals surface area contributed by atoms with E-state index in [0.29, 0.717) is 24.1 Å². The minimum Gasteiger partial charge on any atom is -0.339 e. The Balaban J connectivity index is 1.54. The van der Waals surface area contributed by atoms with Crippen LogP contribution in [0.15, 0.2) is 24.3 Å². The summed E-state index contributed by atoms with van der Waals surface area (Å²) in [6.07, 6.45) is 3.71. The second-order valence-corrected chi connectivity index (χ2v) is 7.01. The van der Waals surface area contributed by atoms with E-state index in [2.05, 4.69) is 39.6 Å². The van der Waals surface area contributed by atoms with Crippen molar-refractivity contribution >= 4 is 17.7 Å². The van der Waals surface area contributed by atoms with Gasteiger partial charge in [-0.15, -0.1) is 5.10 Å². The average molecular weight is 386 g/mol. The number of nitrogens with one attached hydrogen (secondary N) is 2. The number of carbonyl (C=O) groups excluding carboxylic acids is 1. The molecular formula is C20H27FN6O. The van der Waals surface area contributed by atoms with E-state index in [1.165, 1.54) is 12.1 Å². The van der Waals surface area contributed by atoms with Gasteiger partial charge in [0.15, 0.2) is 0 Å². The third kappa shape index (κ3) is 5.15. The van der Waals surface area contributed by atoms with Crippen molar-refractivity contribution in [1.29, 1.82) is 0 Å². The number of halogens is 1. The van der Waals surface area contributed by atoms with Gasteiger partial charge < -0.3 is 15.5 Å². The molecule has 1 aliphatic heterocycles. The smallest absolute Gasteiger partial charge is 0.319 e. The number of aromatic nitrogens is 3. The van der Waals surface area contributed by atoms with E-state index >= 15 is 0 Å². The largest absolute Gasteiger partial charge is 0.339 e. The van der Waals surface area contributed by atoms with E-state index in [1.54, 1.807) is 12.1 Å². The lowest BCUT2D eigenvalue weighted by atomic mass is 9.98. The fourth-order valence-corrected chi connectivity index (χ4v) is 3.45. The van der Waals surface area contributed by atoms with Gasteiger partial charge in [0.2, 0.25) is 5.95 Å². The molecule has 0 aliphatic carbocycles. The highest BCUT2D eigenvalue weighted by Crippen LogP contribution is 2.20. The Kier molecular flexibility index (Phi) is 6.73. The molecule has 0 bridgehead atoms. The molecule has 1 saturated heterocycles. The Hall–Kier alpha value is -2.77. The number of carbonyl (C=O) groups is 1. The second-order valence-electron chi connectivity index (χ2n) is 7.01. The molecule has 2 N–H and O–H groups in total. The summed E-state index contributed by atoms with van der Waals surface area (Å²) in [6, 6.07) is 5.51. The number of anilines is 2. The standard InChI is InChI=1S/C20H27FN6O/c1-3-17-18(4-2)25-26-19(24-17)27-10-6-7-14(13-27)12-22-20(28)23-16-9-5-8-15(21)11-16/h5,8-9,11,14H,3-4,6-7,10,12-13H2,1-2H3,(H2,22,23,28). The first kappa shape index (κ1) is 20.0. The van der Waals surface area contributed by atoms with E-state index in [1.807, 2.05) is 0 Å². The first-order valence-corrected chi connectivity index (χ1v) is 9.86. The van der Waals surface area contributed by atoms with Crippen molar-refractivity contribution in [2.75, 3.05) is 29.9 Å². The molecule has 2 amide bonds. The summed E-state index contributed by atoms with van der Waals surface area (Å²) in [5.41, 5.74) is 2.39. The quantitative estimate of drug-likeness (QED) is 0.797. The highest BCUT2D eigenvalue weighted by Gasteiger charge is 2.23. The summed E-state index contributed by atoms with van der Waals surface area (Å²) in [7, 11) is 0. The maximum Gasteiger partial charge on any atom is 0.319 e. The first-order valence-electron chi connectivity index (χ1n) is 9.86. The summed E-state index contributed by atoms with van der Waals surface area (Å²) < 4.78 is 13.2. The minimum atomic E-state index is -0.380. The van der Waals surface area contributed by atoms with E-state index in [4.69, 9.17) is 4.98 Å². The van der Waals surface area contributed by atoms with Crippen LogP contribution in [0.1, 0.15) is 38.1 Å². The van der Waals surface area contributed by atoms with Gasteiger partial charge in [-0.1, -0.05) is 19.9 Å². The van der Waals surface area contributed by atoms with Crippen molar-refractivity contribution in [2.45, 2.75) is 39.5 Å². The molecular weight excluding hydrogens is 359 g/mol. The Morgan fingerprint density at radius 1 is 1.25 bits per heavy atom. The number of benzene rings is 1. The Morgan fingerprint density at radius 2 is 2.07 bits per heavy atom. The van der Waals surface area contributed by atoms with Gasteiger partial charge in [0, 0.05) is 25.3 Å². The zero-order chi connectivity index (χ0) is 19.9. The van der Waals surface area contributed by atoms with Gasteiger partial charge in [-0.2, -0.15) is 5.10 Å². The molecule has 8 heteroatoms. The average Bonchev–Trinajstić information content (AvgIpc) is 2.72. The van der Waals surface area contributed by atoms with Crippen molar-refractivity contribution in [2.24, 2.45) is 5.92 Å². The summed E-state index contributed by atoms with van der Waals surface area (Å²) in [6.45, 7) is 6.34. The van der Waals surface area contributed by atoms with Crippen molar-refractivity contribution in [3.8, 4) is 0 Å². The lowest BCUT2D eigenvalue weighted by molar-refractivity contribution is 0.249. The van der Waals surface area contributed by atoms with E-state index in [9.17, 15) is 9.18 Å². The van der Waals surface area contributed by atoms with E-state index < -0.39 is 0 Å². The van der Waals surface area contributed by atoms with Crippen LogP contribution in [-0.4, -0.2) is 40.8 Å². The van der Waals surface area contributed by atoms with Gasteiger partial charge in [0.05, 0.1) is 11.4 Å². The summed E-state index contributed by atoms with van der Waals surface area (Å²) in [5, 5.41) is 14.2. The molecule has 3 rings (SSSR count). The number of nitrogens with zero attached hydrogens (tertiary/aromatic N) is 4. The van der Waals surface area contributed by atoms with Crippen LogP contribution in [0.2, 0.25) is 0 Å². The molecule has 150 valence electrons. The molecule has 1 aromatic heterocycles. The number of aryl methyl sites for hydroxylation is 2. The molecule has 7 nitrogen and oxygen atoms in total. The third-order valence-electron chi connectivity index (χ3n) is 4.93. The van der Waals surface area contributed by atoms with Crippen LogP contribution in [0, 0.1) is 11.7 Å². The van der Waals surface area contributed by atoms with E-state index in [-0.39, 0.29) is 11.8 Å². The normalized spacial score (nSPS) is 16.7. The fourth-order valence-electron chi connectivity index (χ4n) is 3.45. The SMILES string of the molecule is CCc1nnc(N2CCCC(CNC(=O)Nc3cccc(F)c3)C2)nc1CC. The molecule has 1 fully saturated rings. The van der Waals surface area contributed by atoms with Gasteiger partial charge in [0.1, 0.15) is 5.82 Å². The van der Waals surface area contributed by atoms with Crippen LogP contribution < -0.4 is 15.5 Å². The minimum absolute atomic E-state index is 0.298. The molecule has 0 radical (unpaired) electrons. The van der Waals surface area contributed by atoms with Crippen LogP contribution in [0.5, 0.6) is 0 Å². The third-order valence-corrected chi connectivity index (χ3v) is 4.93. The maximum atomic E-state index is 13.2. The number of rotatable bonds is 6. The number of urea groups is 1. The van der Waals surface area contributed by atoms with Gasteiger partial charge in [-0.3, -0.25) is 0 Å². The first-order chi connectivity index (χ1) is 13.6. The second kappa shape index (κ2) is 9.43. The van der Waals surface area contributed by atoms with Gasteiger partial charge >= 0.3 is 6.03 Å². The predicted octanol–water partition coefficient (Wildman–Crippen LogP) is 3.17. The highest BCUT2D eigenvalue weighted by molar-refractivity contribution is 5.89. The lowest BCUT2D eigenvalue weighted by Gasteiger charge is -2.32. The van der Waals surface area contributed by atoms with Gasteiger partial charge in [-0.05, 0) is 49.8 Å². The Morgan fingerprint density at radius 3 is 2.82 bits per heavy atom. The summed E-state index contributed by atoms with van der Waals surface area (Å²) in [4.78, 5) is 18.9. The van der Waals surface area contributed by atoms with Crippen LogP contribution in [0.4, 0.5) is 20.8 Å². The van der Waals surface area contributed by atoms with Gasteiger partial charge in [0.25, 0.3) is 0 Å². The maximum absolute atomic E-state index is 13.2. The fraction of sp³-hybridized carbons (Fsp3) is 0.500. The van der Waals surface area contributed by atoms with Gasteiger partial charge in [-0.25, -0.2) is 14.2 Å². The van der Waals surface area contributed by atoms with Crippen molar-refractivity contribution in [1.82, 2.24) is 20.5 Å². The molecule has 1 aromatic carbocycles. The molecule has 1 aliphatic rings. The molecule has 2 heterocycles. The topological polar surface area (TPSA) is 83.0 Å². The van der Waals surface area contributed by atoms with Crippen LogP contribution in [0.3, 0.4) is 0 Å². The molecule has 2 aromatic rings. The Labute approximate surface area is 164 Å². The van der Waals surface area contributed by atoms with E-state index in [0.717, 1.165) is 50.2 Å². The Bertz CT molecular complexity index is 815. The number of hydrogen-bond acceptors (Lipinski definition) is 5.